The summed E-state index contributed by atoms with van der Waals surface area (Å²) in [6.45, 7) is 9.59. The highest BCUT2D eigenvalue weighted by Crippen LogP contribution is 1.96. The fourth-order valence-electron chi connectivity index (χ4n) is 2.58. The molecule has 0 saturated carbocycles. The second kappa shape index (κ2) is 26.5. The van der Waals surface area contributed by atoms with E-state index in [2.05, 4.69) is 15.6 Å². The van der Waals surface area contributed by atoms with Crippen molar-refractivity contribution >= 4 is 6.29 Å². The van der Waals surface area contributed by atoms with Gasteiger partial charge in [-0.1, -0.05) is 5.21 Å². The van der Waals surface area contributed by atoms with E-state index in [1.165, 1.54) is 0 Å². The van der Waals surface area contributed by atoms with Crippen LogP contribution in [-0.2, 0) is 55.8 Å². The van der Waals surface area contributed by atoms with Crippen molar-refractivity contribution in [3.63, 3.8) is 0 Å². The minimum atomic E-state index is 0.380. The fourth-order valence-corrected chi connectivity index (χ4v) is 2.58. The smallest absolute Gasteiger partial charge is 0.122 e. The van der Waals surface area contributed by atoms with Crippen LogP contribution in [0.5, 0.6) is 0 Å². The maximum atomic E-state index is 10.1. The monoisotopic (exact) mass is 520 g/mol. The van der Waals surface area contributed by atoms with E-state index in [0.29, 0.717) is 119 Å². The molecule has 0 aromatic carbocycles. The molecule has 13 nitrogen and oxygen atoms in total. The maximum Gasteiger partial charge on any atom is 0.122 e. The number of aldehydes is 1. The fraction of sp³-hybridized carbons (Fsp3) is 0.870. The number of hydrogen-bond acceptors (Lipinski definition) is 12. The number of rotatable bonds is 29. The molecule has 0 aliphatic rings. The van der Waals surface area contributed by atoms with E-state index in [1.807, 2.05) is 13.2 Å². The van der Waals surface area contributed by atoms with E-state index in [9.17, 15) is 4.79 Å². The predicted molar refractivity (Wildman–Crippen MR) is 130 cm³/mol. The zero-order valence-electron chi connectivity index (χ0n) is 21.6. The van der Waals surface area contributed by atoms with Crippen LogP contribution in [0.25, 0.3) is 0 Å². The van der Waals surface area contributed by atoms with Crippen LogP contribution in [0.15, 0.2) is 6.20 Å². The second-order valence-electron chi connectivity index (χ2n) is 7.37. The van der Waals surface area contributed by atoms with Crippen LogP contribution >= 0.6 is 0 Å². The second-order valence-corrected chi connectivity index (χ2v) is 7.37. The molecular formula is C23H44N4O9. The molecular weight excluding hydrogens is 476 g/mol. The first-order valence-corrected chi connectivity index (χ1v) is 12.5. The molecule has 1 aromatic rings. The van der Waals surface area contributed by atoms with Gasteiger partial charge in [-0.25, -0.2) is 4.68 Å². The Morgan fingerprint density at radius 3 is 1.69 bits per heavy atom. The summed E-state index contributed by atoms with van der Waals surface area (Å²) in [4.78, 5) is 10.1. The van der Waals surface area contributed by atoms with E-state index in [1.54, 1.807) is 4.68 Å². The Morgan fingerprint density at radius 1 is 0.694 bits per heavy atom. The molecule has 0 aliphatic heterocycles. The van der Waals surface area contributed by atoms with Gasteiger partial charge in [0.15, 0.2) is 0 Å². The Labute approximate surface area is 214 Å². The summed E-state index contributed by atoms with van der Waals surface area (Å²) >= 11 is 0. The minimum Gasteiger partial charge on any atom is -0.379 e. The third-order valence-corrected chi connectivity index (χ3v) is 4.41. The first-order chi connectivity index (χ1) is 17.9. The number of nitrogens with one attached hydrogen (secondary N) is 1. The topological polar surface area (TPSA) is 134 Å². The lowest BCUT2D eigenvalue weighted by Crippen LogP contribution is -2.17. The molecule has 1 heterocycles. The minimum absolute atomic E-state index is 0.380. The molecule has 0 aliphatic carbocycles. The van der Waals surface area contributed by atoms with Crippen molar-refractivity contribution < 1.29 is 42.7 Å². The summed E-state index contributed by atoms with van der Waals surface area (Å²) < 4.78 is 45.0. The molecule has 13 heteroatoms. The van der Waals surface area contributed by atoms with E-state index in [0.717, 1.165) is 18.5 Å². The zero-order valence-corrected chi connectivity index (χ0v) is 21.6. The van der Waals surface area contributed by atoms with Crippen molar-refractivity contribution in [2.45, 2.75) is 19.6 Å². The Balaban J connectivity index is 1.82. The van der Waals surface area contributed by atoms with Crippen LogP contribution in [0.1, 0.15) is 12.1 Å². The summed E-state index contributed by atoms with van der Waals surface area (Å²) in [5.41, 5.74) is 0.758. The van der Waals surface area contributed by atoms with Gasteiger partial charge in [0.1, 0.15) is 12.0 Å². The molecule has 0 bridgehead atoms. The molecule has 0 radical (unpaired) electrons. The Bertz CT molecular complexity index is 596. The van der Waals surface area contributed by atoms with Gasteiger partial charge >= 0.3 is 0 Å². The summed E-state index contributed by atoms with van der Waals surface area (Å²) in [6.07, 6.45) is 3.09. The average Bonchev–Trinajstić information content (AvgIpc) is 3.34. The average molecular weight is 521 g/mol. The van der Waals surface area contributed by atoms with Crippen LogP contribution in [0.4, 0.5) is 0 Å². The lowest BCUT2D eigenvalue weighted by molar-refractivity contribution is -0.108. The standard InChI is InChI=1S/C23H44N4O9/c1-24-3-7-30-10-13-33-17-18-35-19-20-36-22-23-21-27(26-25-23)4-8-31-11-14-34-16-15-32-12-9-29-6-2-5-28/h5,21,24H,2-4,6-20,22H2,1H3. The van der Waals surface area contributed by atoms with Crippen LogP contribution in [0.2, 0.25) is 0 Å². The summed E-state index contributed by atoms with van der Waals surface area (Å²) in [6, 6.07) is 0. The summed E-state index contributed by atoms with van der Waals surface area (Å²) in [5, 5.41) is 11.2. The van der Waals surface area contributed by atoms with Crippen molar-refractivity contribution in [3.05, 3.63) is 11.9 Å². The van der Waals surface area contributed by atoms with Gasteiger partial charge in [-0.15, -0.1) is 5.10 Å². The molecule has 0 saturated heterocycles. The quantitative estimate of drug-likeness (QED) is 0.110. The number of hydrogen-bond donors (Lipinski definition) is 1. The molecule has 36 heavy (non-hydrogen) atoms. The predicted octanol–water partition coefficient (Wildman–Crippen LogP) is -0.281. The lowest BCUT2D eigenvalue weighted by Gasteiger charge is -2.07. The van der Waals surface area contributed by atoms with Crippen LogP contribution in [0.3, 0.4) is 0 Å². The number of nitrogens with zero attached hydrogens (tertiary/aromatic N) is 3. The highest BCUT2D eigenvalue weighted by atomic mass is 16.6. The van der Waals surface area contributed by atoms with Crippen LogP contribution < -0.4 is 5.32 Å². The van der Waals surface area contributed by atoms with E-state index < -0.39 is 0 Å². The van der Waals surface area contributed by atoms with Gasteiger partial charge in [-0.3, -0.25) is 0 Å². The number of carbonyl (C=O) groups excluding carboxylic acids is 1. The third kappa shape index (κ3) is 21.7. The zero-order chi connectivity index (χ0) is 25.8. The van der Waals surface area contributed by atoms with Gasteiger partial charge < -0.3 is 48.0 Å². The van der Waals surface area contributed by atoms with Crippen LogP contribution in [0, 0.1) is 0 Å². The van der Waals surface area contributed by atoms with E-state index in [-0.39, 0.29) is 0 Å². The van der Waals surface area contributed by atoms with Crippen molar-refractivity contribution in [2.24, 2.45) is 0 Å². The number of aromatic nitrogens is 3. The van der Waals surface area contributed by atoms with E-state index >= 15 is 0 Å². The number of likely N-dealkylation sites (N-methyl/N-ethyl adjacent to an activating group) is 1. The number of carbonyl (C=O) groups is 1. The third-order valence-electron chi connectivity index (χ3n) is 4.41. The van der Waals surface area contributed by atoms with Gasteiger partial charge in [0.05, 0.1) is 118 Å². The molecule has 1 N–H and O–H groups in total. The Hall–Kier alpha value is -1.55. The molecule has 0 unspecified atom stereocenters. The Morgan fingerprint density at radius 2 is 1.17 bits per heavy atom. The van der Waals surface area contributed by atoms with Crippen LogP contribution in [-0.4, -0.2) is 134 Å². The van der Waals surface area contributed by atoms with Gasteiger partial charge in [0, 0.05) is 13.0 Å². The highest BCUT2D eigenvalue weighted by Gasteiger charge is 2.02. The molecule has 1 aromatic heterocycles. The van der Waals surface area contributed by atoms with Gasteiger partial charge in [0.25, 0.3) is 0 Å². The summed E-state index contributed by atoms with van der Waals surface area (Å²) in [7, 11) is 1.89. The SMILES string of the molecule is CNCCOCCOCCOCCOCc1cn(CCOCCOCCOCCOCCC=O)nn1. The van der Waals surface area contributed by atoms with Gasteiger partial charge in [-0.05, 0) is 7.05 Å². The maximum absolute atomic E-state index is 10.1. The first kappa shape index (κ1) is 32.5. The van der Waals surface area contributed by atoms with Gasteiger partial charge in [0.2, 0.25) is 0 Å². The molecule has 0 amide bonds. The summed E-state index contributed by atoms with van der Waals surface area (Å²) in [5.74, 6) is 0. The Kier molecular flexibility index (Phi) is 23.9. The normalized spacial score (nSPS) is 11.4. The van der Waals surface area contributed by atoms with Crippen molar-refractivity contribution in [2.75, 3.05) is 113 Å². The molecule has 210 valence electrons. The molecule has 0 fully saturated rings. The van der Waals surface area contributed by atoms with Crippen molar-refractivity contribution in [3.8, 4) is 0 Å². The highest BCUT2D eigenvalue weighted by molar-refractivity contribution is 5.49. The molecule has 1 rings (SSSR count). The largest absolute Gasteiger partial charge is 0.379 e. The van der Waals surface area contributed by atoms with Gasteiger partial charge in [-0.2, -0.15) is 0 Å². The lowest BCUT2D eigenvalue weighted by atomic mass is 10.5. The van der Waals surface area contributed by atoms with E-state index in [4.69, 9.17) is 37.9 Å². The van der Waals surface area contributed by atoms with Crippen molar-refractivity contribution in [1.29, 1.82) is 0 Å². The molecule has 0 atom stereocenters. The number of ether oxygens (including phenoxy) is 8. The van der Waals surface area contributed by atoms with Crippen molar-refractivity contribution in [1.82, 2.24) is 20.3 Å². The first-order valence-electron chi connectivity index (χ1n) is 12.5. The molecule has 0 spiro atoms.